The van der Waals surface area contributed by atoms with Crippen LogP contribution in [-0.2, 0) is 24.3 Å². The van der Waals surface area contributed by atoms with Crippen LogP contribution in [0.4, 0.5) is 0 Å². The standard InChI is InChI=1S/C18H23NO7S/c1-24-15-7-6-13(27(22,23)19-9-4-2-3-5-10-19)12-14(15)17(20)26-16-8-11-25-18(16)21/h6-7,12,16H,2-5,8-11H2,1H3. The van der Waals surface area contributed by atoms with Gasteiger partial charge in [0.2, 0.25) is 16.1 Å². The van der Waals surface area contributed by atoms with Crippen LogP contribution in [-0.4, -0.2) is 57.6 Å². The fourth-order valence-electron chi connectivity index (χ4n) is 3.22. The Morgan fingerprint density at radius 2 is 1.89 bits per heavy atom. The number of carbonyl (C=O) groups excluding carboxylic acids is 2. The van der Waals surface area contributed by atoms with Crippen LogP contribution in [0.1, 0.15) is 42.5 Å². The predicted octanol–water partition coefficient (Wildman–Crippen LogP) is 1.73. The quantitative estimate of drug-likeness (QED) is 0.698. The van der Waals surface area contributed by atoms with Crippen molar-refractivity contribution in [3.8, 4) is 5.75 Å². The molecular formula is C18H23NO7S. The number of carbonyl (C=O) groups is 2. The fraction of sp³-hybridized carbons (Fsp3) is 0.556. The van der Waals surface area contributed by atoms with Crippen LogP contribution in [0.3, 0.4) is 0 Å². The average molecular weight is 397 g/mol. The zero-order valence-corrected chi connectivity index (χ0v) is 16.0. The van der Waals surface area contributed by atoms with Crippen molar-refractivity contribution in [3.63, 3.8) is 0 Å². The smallest absolute Gasteiger partial charge is 0.347 e. The molecule has 0 radical (unpaired) electrons. The molecule has 1 aromatic rings. The molecule has 0 amide bonds. The van der Waals surface area contributed by atoms with Crippen molar-refractivity contribution in [1.82, 2.24) is 4.31 Å². The van der Waals surface area contributed by atoms with Gasteiger partial charge in [0, 0.05) is 19.5 Å². The van der Waals surface area contributed by atoms with E-state index in [0.717, 1.165) is 25.7 Å². The highest BCUT2D eigenvalue weighted by molar-refractivity contribution is 7.89. The highest BCUT2D eigenvalue weighted by Gasteiger charge is 2.32. The molecule has 2 aliphatic heterocycles. The Morgan fingerprint density at radius 3 is 2.48 bits per heavy atom. The molecule has 0 aromatic heterocycles. The first-order valence-electron chi connectivity index (χ1n) is 8.99. The highest BCUT2D eigenvalue weighted by atomic mass is 32.2. The van der Waals surface area contributed by atoms with Crippen LogP contribution in [0.5, 0.6) is 5.75 Å². The van der Waals surface area contributed by atoms with E-state index in [0.29, 0.717) is 13.1 Å². The van der Waals surface area contributed by atoms with Gasteiger partial charge in [0.25, 0.3) is 0 Å². The Labute approximate surface area is 158 Å². The highest BCUT2D eigenvalue weighted by Crippen LogP contribution is 2.27. The van der Waals surface area contributed by atoms with E-state index in [9.17, 15) is 18.0 Å². The number of hydrogen-bond acceptors (Lipinski definition) is 7. The topological polar surface area (TPSA) is 99.2 Å². The maximum absolute atomic E-state index is 13.0. The first kappa shape index (κ1) is 19.6. The molecule has 27 heavy (non-hydrogen) atoms. The molecule has 0 bridgehead atoms. The van der Waals surface area contributed by atoms with Gasteiger partial charge in [-0.1, -0.05) is 12.8 Å². The number of cyclic esters (lactones) is 1. The van der Waals surface area contributed by atoms with Crippen LogP contribution in [0, 0.1) is 0 Å². The largest absolute Gasteiger partial charge is 0.496 e. The number of rotatable bonds is 5. The zero-order valence-electron chi connectivity index (χ0n) is 15.2. The molecule has 148 valence electrons. The summed E-state index contributed by atoms with van der Waals surface area (Å²) in [7, 11) is -2.35. The monoisotopic (exact) mass is 397 g/mol. The van der Waals surface area contributed by atoms with E-state index in [1.807, 2.05) is 0 Å². The number of hydrogen-bond donors (Lipinski definition) is 0. The molecule has 0 aliphatic carbocycles. The minimum absolute atomic E-state index is 0.00569. The van der Waals surface area contributed by atoms with Crippen molar-refractivity contribution < 1.29 is 32.2 Å². The molecule has 9 heteroatoms. The third-order valence-electron chi connectivity index (χ3n) is 4.73. The van der Waals surface area contributed by atoms with Crippen LogP contribution in [0.15, 0.2) is 23.1 Å². The van der Waals surface area contributed by atoms with Gasteiger partial charge in [-0.05, 0) is 31.0 Å². The Kier molecular flexibility index (Phi) is 6.01. The molecule has 1 atom stereocenters. The van der Waals surface area contributed by atoms with Crippen LogP contribution in [0.25, 0.3) is 0 Å². The van der Waals surface area contributed by atoms with Gasteiger partial charge in [-0.15, -0.1) is 0 Å². The van der Waals surface area contributed by atoms with Gasteiger partial charge in [-0.25, -0.2) is 18.0 Å². The second-order valence-electron chi connectivity index (χ2n) is 6.53. The molecule has 2 aliphatic rings. The van der Waals surface area contributed by atoms with Crippen molar-refractivity contribution in [2.24, 2.45) is 0 Å². The summed E-state index contributed by atoms with van der Waals surface area (Å²) >= 11 is 0. The van der Waals surface area contributed by atoms with Gasteiger partial charge in [0.1, 0.15) is 11.3 Å². The summed E-state index contributed by atoms with van der Waals surface area (Å²) in [6, 6.07) is 4.09. The third kappa shape index (κ3) is 4.24. The van der Waals surface area contributed by atoms with E-state index in [-0.39, 0.29) is 29.2 Å². The normalized spacial score (nSPS) is 21.4. The second kappa shape index (κ2) is 8.26. The fourth-order valence-corrected chi connectivity index (χ4v) is 4.76. The van der Waals surface area contributed by atoms with Gasteiger partial charge >= 0.3 is 11.9 Å². The number of nitrogens with zero attached hydrogens (tertiary/aromatic N) is 1. The number of esters is 2. The van der Waals surface area contributed by atoms with E-state index in [2.05, 4.69) is 0 Å². The summed E-state index contributed by atoms with van der Waals surface area (Å²) in [5.74, 6) is -1.24. The lowest BCUT2D eigenvalue weighted by Crippen LogP contribution is -2.32. The zero-order chi connectivity index (χ0) is 19.4. The van der Waals surface area contributed by atoms with E-state index in [1.54, 1.807) is 0 Å². The maximum Gasteiger partial charge on any atom is 0.347 e. The third-order valence-corrected chi connectivity index (χ3v) is 6.62. The summed E-state index contributed by atoms with van der Waals surface area (Å²) in [6.07, 6.45) is 2.93. The van der Waals surface area contributed by atoms with Gasteiger partial charge in [-0.2, -0.15) is 4.31 Å². The summed E-state index contributed by atoms with van der Waals surface area (Å²) < 4.78 is 42.5. The molecule has 3 rings (SSSR count). The van der Waals surface area contributed by atoms with Gasteiger partial charge in [-0.3, -0.25) is 0 Å². The molecule has 2 fully saturated rings. The molecule has 1 aromatic carbocycles. The van der Waals surface area contributed by atoms with Crippen molar-refractivity contribution in [2.45, 2.75) is 43.1 Å². The summed E-state index contributed by atoms with van der Waals surface area (Å²) in [5, 5.41) is 0. The van der Waals surface area contributed by atoms with Crippen LogP contribution in [0.2, 0.25) is 0 Å². The minimum atomic E-state index is -3.73. The minimum Gasteiger partial charge on any atom is -0.496 e. The van der Waals surface area contributed by atoms with Crippen molar-refractivity contribution in [3.05, 3.63) is 23.8 Å². The first-order chi connectivity index (χ1) is 12.9. The Morgan fingerprint density at radius 1 is 1.19 bits per heavy atom. The molecule has 1 unspecified atom stereocenters. The lowest BCUT2D eigenvalue weighted by Gasteiger charge is -2.20. The molecule has 0 N–H and O–H groups in total. The van der Waals surface area contributed by atoms with Gasteiger partial charge in [0.05, 0.1) is 18.6 Å². The number of ether oxygens (including phenoxy) is 3. The predicted molar refractivity (Wildman–Crippen MR) is 95.0 cm³/mol. The molecular weight excluding hydrogens is 374 g/mol. The summed E-state index contributed by atoms with van der Waals surface area (Å²) in [5.41, 5.74) is -0.0342. The first-order valence-corrected chi connectivity index (χ1v) is 10.4. The summed E-state index contributed by atoms with van der Waals surface area (Å²) in [6.45, 7) is 1.11. The van der Waals surface area contributed by atoms with E-state index >= 15 is 0 Å². The molecule has 2 heterocycles. The Hall–Kier alpha value is -2.13. The lowest BCUT2D eigenvalue weighted by molar-refractivity contribution is -0.145. The SMILES string of the molecule is COc1ccc(S(=O)(=O)N2CCCCCC2)cc1C(=O)OC1CCOC1=O. The van der Waals surface area contributed by atoms with E-state index in [4.69, 9.17) is 14.2 Å². The maximum atomic E-state index is 13.0. The van der Waals surface area contributed by atoms with Gasteiger partial charge < -0.3 is 14.2 Å². The number of sulfonamides is 1. The van der Waals surface area contributed by atoms with Crippen molar-refractivity contribution >= 4 is 22.0 Å². The lowest BCUT2D eigenvalue weighted by atomic mass is 10.2. The van der Waals surface area contributed by atoms with Gasteiger partial charge in [0.15, 0.2) is 0 Å². The number of benzene rings is 1. The molecule has 8 nitrogen and oxygen atoms in total. The van der Waals surface area contributed by atoms with E-state index < -0.39 is 28.1 Å². The molecule has 2 saturated heterocycles. The molecule has 0 spiro atoms. The Bertz CT molecular complexity index is 813. The molecule has 0 saturated carbocycles. The number of methoxy groups -OCH3 is 1. The van der Waals surface area contributed by atoms with Crippen LogP contribution < -0.4 is 4.74 Å². The summed E-state index contributed by atoms with van der Waals surface area (Å²) in [4.78, 5) is 24.1. The second-order valence-corrected chi connectivity index (χ2v) is 8.47. The van der Waals surface area contributed by atoms with Crippen molar-refractivity contribution in [2.75, 3.05) is 26.8 Å². The van der Waals surface area contributed by atoms with E-state index in [1.165, 1.54) is 29.6 Å². The van der Waals surface area contributed by atoms with Crippen LogP contribution >= 0.6 is 0 Å². The van der Waals surface area contributed by atoms with Crippen molar-refractivity contribution in [1.29, 1.82) is 0 Å². The Balaban J connectivity index is 1.88. The average Bonchev–Trinajstić information content (AvgIpc) is 2.90.